The third-order valence-electron chi connectivity index (χ3n) is 3.44. The quantitative estimate of drug-likeness (QED) is 0.860. The van der Waals surface area contributed by atoms with Crippen LogP contribution in [0.15, 0.2) is 23.1 Å². The Balaban J connectivity index is 2.04. The van der Waals surface area contributed by atoms with Crippen molar-refractivity contribution in [2.45, 2.75) is 36.0 Å². The van der Waals surface area contributed by atoms with Crippen molar-refractivity contribution in [1.29, 1.82) is 0 Å². The Labute approximate surface area is 119 Å². The second-order valence-corrected chi connectivity index (χ2v) is 7.21. The van der Waals surface area contributed by atoms with E-state index in [1.54, 1.807) is 0 Å². The van der Waals surface area contributed by atoms with Gasteiger partial charge in [0.2, 0.25) is 0 Å². The van der Waals surface area contributed by atoms with Crippen molar-refractivity contribution in [2.75, 3.05) is 0 Å². The molecule has 0 aliphatic heterocycles. The van der Waals surface area contributed by atoms with Crippen molar-refractivity contribution >= 4 is 9.84 Å². The van der Waals surface area contributed by atoms with Crippen molar-refractivity contribution < 1.29 is 17.2 Å². The Hall–Kier alpha value is -1.90. The van der Waals surface area contributed by atoms with Crippen LogP contribution in [0.1, 0.15) is 36.9 Å². The summed E-state index contributed by atoms with van der Waals surface area (Å²) in [6, 6.07) is 2.42. The number of aromatic nitrogens is 4. The SMILES string of the molecule is CC(c1nnnn1C1CC1)S(=O)(=O)c1cc(F)ccc1F. The summed E-state index contributed by atoms with van der Waals surface area (Å²) < 4.78 is 53.4. The second kappa shape index (κ2) is 4.83. The van der Waals surface area contributed by atoms with Gasteiger partial charge in [0.25, 0.3) is 0 Å². The molecule has 0 radical (unpaired) electrons. The van der Waals surface area contributed by atoms with Crippen molar-refractivity contribution in [3.05, 3.63) is 35.7 Å². The van der Waals surface area contributed by atoms with Crippen LogP contribution < -0.4 is 0 Å². The van der Waals surface area contributed by atoms with Crippen LogP contribution in [0, 0.1) is 11.6 Å². The Morgan fingerprint density at radius 3 is 2.71 bits per heavy atom. The number of hydrogen-bond donors (Lipinski definition) is 0. The minimum atomic E-state index is -4.12. The van der Waals surface area contributed by atoms with Gasteiger partial charge >= 0.3 is 0 Å². The molecule has 1 aromatic carbocycles. The zero-order chi connectivity index (χ0) is 15.2. The first-order valence-electron chi connectivity index (χ1n) is 6.38. The molecule has 9 heteroatoms. The highest BCUT2D eigenvalue weighted by atomic mass is 32.2. The van der Waals surface area contributed by atoms with Gasteiger partial charge in [-0.2, -0.15) is 0 Å². The van der Waals surface area contributed by atoms with Crippen LogP contribution in [-0.4, -0.2) is 28.6 Å². The fraction of sp³-hybridized carbons (Fsp3) is 0.417. The van der Waals surface area contributed by atoms with E-state index in [0.717, 1.165) is 25.0 Å². The fourth-order valence-corrected chi connectivity index (χ4v) is 3.50. The minimum Gasteiger partial charge on any atom is -0.225 e. The normalized spacial score (nSPS) is 16.9. The summed E-state index contributed by atoms with van der Waals surface area (Å²) in [5, 5.41) is 9.82. The minimum absolute atomic E-state index is 0.0880. The van der Waals surface area contributed by atoms with Crippen molar-refractivity contribution in [1.82, 2.24) is 20.2 Å². The number of nitrogens with zero attached hydrogens (tertiary/aromatic N) is 4. The molecule has 1 aliphatic rings. The summed E-state index contributed by atoms with van der Waals surface area (Å²) in [5.41, 5.74) is 0. The Morgan fingerprint density at radius 2 is 2.05 bits per heavy atom. The van der Waals surface area contributed by atoms with Crippen LogP contribution in [0.2, 0.25) is 0 Å². The summed E-state index contributed by atoms with van der Waals surface area (Å²) in [7, 11) is -4.12. The van der Waals surface area contributed by atoms with Crippen LogP contribution >= 0.6 is 0 Å². The van der Waals surface area contributed by atoms with E-state index in [4.69, 9.17) is 0 Å². The molecule has 1 fully saturated rings. The third kappa shape index (κ3) is 2.41. The molecule has 112 valence electrons. The second-order valence-electron chi connectivity index (χ2n) is 4.97. The molecule has 1 heterocycles. The zero-order valence-corrected chi connectivity index (χ0v) is 11.9. The lowest BCUT2D eigenvalue weighted by atomic mass is 10.3. The molecule has 3 rings (SSSR count). The first-order chi connectivity index (χ1) is 9.91. The molecule has 0 saturated heterocycles. The Kier molecular flexibility index (Phi) is 3.23. The number of sulfone groups is 1. The van der Waals surface area contributed by atoms with Gasteiger partial charge in [-0.1, -0.05) is 0 Å². The Bertz CT molecular complexity index is 786. The van der Waals surface area contributed by atoms with Crippen LogP contribution in [0.25, 0.3) is 0 Å². The smallest absolute Gasteiger partial charge is 0.191 e. The van der Waals surface area contributed by atoms with Gasteiger partial charge in [-0.25, -0.2) is 21.9 Å². The number of rotatable bonds is 4. The molecule has 6 nitrogen and oxygen atoms in total. The van der Waals surface area contributed by atoms with E-state index in [1.165, 1.54) is 11.6 Å². The lowest BCUT2D eigenvalue weighted by molar-refractivity contribution is 0.537. The van der Waals surface area contributed by atoms with Crippen molar-refractivity contribution in [3.63, 3.8) is 0 Å². The van der Waals surface area contributed by atoms with Gasteiger partial charge in [0.15, 0.2) is 15.7 Å². The van der Waals surface area contributed by atoms with Gasteiger partial charge < -0.3 is 0 Å². The highest BCUT2D eigenvalue weighted by Crippen LogP contribution is 2.37. The van der Waals surface area contributed by atoms with E-state index in [9.17, 15) is 17.2 Å². The molecule has 0 amide bonds. The summed E-state index contributed by atoms with van der Waals surface area (Å²) in [5.74, 6) is -1.67. The molecule has 21 heavy (non-hydrogen) atoms. The highest BCUT2D eigenvalue weighted by Gasteiger charge is 2.36. The molecule has 1 aromatic heterocycles. The van der Waals surface area contributed by atoms with E-state index >= 15 is 0 Å². The maximum atomic E-state index is 13.7. The Morgan fingerprint density at radius 1 is 1.33 bits per heavy atom. The van der Waals surface area contributed by atoms with E-state index in [-0.39, 0.29) is 11.9 Å². The largest absolute Gasteiger partial charge is 0.225 e. The first-order valence-corrected chi connectivity index (χ1v) is 7.92. The third-order valence-corrected chi connectivity index (χ3v) is 5.51. The van der Waals surface area contributed by atoms with Gasteiger partial charge in [0.1, 0.15) is 21.8 Å². The molecule has 0 N–H and O–H groups in total. The van der Waals surface area contributed by atoms with Gasteiger partial charge in [-0.15, -0.1) is 5.10 Å². The number of hydrogen-bond acceptors (Lipinski definition) is 5. The van der Waals surface area contributed by atoms with Crippen LogP contribution in [0.3, 0.4) is 0 Å². The van der Waals surface area contributed by atoms with E-state index in [2.05, 4.69) is 15.5 Å². The molecular weight excluding hydrogens is 302 g/mol. The standard InChI is InChI=1S/C12H12F2N4O2S/c1-7(12-15-16-17-18(12)9-3-4-9)21(19,20)11-6-8(13)2-5-10(11)14/h2,5-7,9H,3-4H2,1H3. The molecule has 1 unspecified atom stereocenters. The summed E-state index contributed by atoms with van der Waals surface area (Å²) in [4.78, 5) is -0.680. The van der Waals surface area contributed by atoms with Gasteiger partial charge in [-0.05, 0) is 48.4 Å². The summed E-state index contributed by atoms with van der Waals surface area (Å²) in [6.45, 7) is 1.37. The average Bonchev–Trinajstić information content (AvgIpc) is 3.18. The van der Waals surface area contributed by atoms with Crippen LogP contribution in [0.4, 0.5) is 8.78 Å². The molecule has 1 atom stereocenters. The number of halogens is 2. The fourth-order valence-electron chi connectivity index (χ4n) is 2.07. The van der Waals surface area contributed by atoms with E-state index in [0.29, 0.717) is 6.07 Å². The predicted molar refractivity (Wildman–Crippen MR) is 68.0 cm³/mol. The molecule has 1 aliphatic carbocycles. The average molecular weight is 314 g/mol. The monoisotopic (exact) mass is 314 g/mol. The highest BCUT2D eigenvalue weighted by molar-refractivity contribution is 7.91. The topological polar surface area (TPSA) is 77.7 Å². The molecule has 0 spiro atoms. The van der Waals surface area contributed by atoms with Gasteiger partial charge in [0, 0.05) is 0 Å². The van der Waals surface area contributed by atoms with Gasteiger partial charge in [0.05, 0.1) is 6.04 Å². The van der Waals surface area contributed by atoms with E-state index < -0.39 is 31.6 Å². The summed E-state index contributed by atoms with van der Waals surface area (Å²) in [6.07, 6.45) is 1.75. The van der Waals surface area contributed by atoms with Crippen molar-refractivity contribution in [3.8, 4) is 0 Å². The molecule has 0 bridgehead atoms. The lowest BCUT2D eigenvalue weighted by Gasteiger charge is -2.13. The first kappa shape index (κ1) is 14.1. The van der Waals surface area contributed by atoms with Crippen LogP contribution in [0.5, 0.6) is 0 Å². The molecule has 1 saturated carbocycles. The molecule has 2 aromatic rings. The van der Waals surface area contributed by atoms with Crippen LogP contribution in [-0.2, 0) is 9.84 Å². The zero-order valence-electron chi connectivity index (χ0n) is 11.1. The van der Waals surface area contributed by atoms with E-state index in [1.807, 2.05) is 0 Å². The maximum Gasteiger partial charge on any atom is 0.191 e. The van der Waals surface area contributed by atoms with Crippen molar-refractivity contribution in [2.24, 2.45) is 0 Å². The number of tetrazole rings is 1. The number of benzene rings is 1. The maximum absolute atomic E-state index is 13.7. The molecular formula is C12H12F2N4O2S. The van der Waals surface area contributed by atoms with Gasteiger partial charge in [-0.3, -0.25) is 0 Å². The summed E-state index contributed by atoms with van der Waals surface area (Å²) >= 11 is 0. The predicted octanol–water partition coefficient (Wildman–Crippen LogP) is 1.82. The lowest BCUT2D eigenvalue weighted by Crippen LogP contribution is -2.17.